The third-order valence-corrected chi connectivity index (χ3v) is 3.71. The molecule has 4 nitrogen and oxygen atoms in total. The van der Waals surface area contributed by atoms with Crippen LogP contribution in [-0.4, -0.2) is 25.2 Å². The van der Waals surface area contributed by atoms with Crippen molar-refractivity contribution < 1.29 is 14.3 Å². The van der Waals surface area contributed by atoms with E-state index < -0.39 is 0 Å². The Hall–Kier alpha value is -1.91. The predicted octanol–water partition coefficient (Wildman–Crippen LogP) is 4.26. The van der Waals surface area contributed by atoms with Crippen molar-refractivity contribution in [3.8, 4) is 11.5 Å². The molecular formula is C18H19Cl2NO3. The number of hydrogen-bond donors (Lipinski definition) is 1. The van der Waals surface area contributed by atoms with Gasteiger partial charge in [0.1, 0.15) is 18.1 Å². The number of benzene rings is 2. The number of amides is 1. The lowest BCUT2D eigenvalue weighted by Crippen LogP contribution is -2.39. The van der Waals surface area contributed by atoms with Gasteiger partial charge >= 0.3 is 0 Å². The monoisotopic (exact) mass is 367 g/mol. The summed E-state index contributed by atoms with van der Waals surface area (Å²) in [5.41, 5.74) is 1.17. The molecule has 0 aliphatic rings. The minimum atomic E-state index is -0.249. The molecule has 0 aliphatic heterocycles. The molecule has 0 aromatic heterocycles. The minimum absolute atomic E-state index is 0.129. The minimum Gasteiger partial charge on any atom is -0.491 e. The van der Waals surface area contributed by atoms with Gasteiger partial charge in [0.2, 0.25) is 0 Å². The summed E-state index contributed by atoms with van der Waals surface area (Å²) in [6.45, 7) is 4.12. The van der Waals surface area contributed by atoms with E-state index in [-0.39, 0.29) is 18.6 Å². The van der Waals surface area contributed by atoms with Crippen LogP contribution in [0.3, 0.4) is 0 Å². The first-order valence-corrected chi connectivity index (χ1v) is 8.26. The van der Waals surface area contributed by atoms with Gasteiger partial charge in [0.05, 0.1) is 11.1 Å². The number of ether oxygens (including phenoxy) is 2. The summed E-state index contributed by atoms with van der Waals surface area (Å²) in [6.07, 6.45) is 0. The van der Waals surface area contributed by atoms with E-state index in [9.17, 15) is 4.79 Å². The molecule has 0 unspecified atom stereocenters. The summed E-state index contributed by atoms with van der Waals surface area (Å²) in [7, 11) is 0. The average molecular weight is 368 g/mol. The van der Waals surface area contributed by atoms with Crippen LogP contribution in [0.2, 0.25) is 10.0 Å². The molecule has 1 N–H and O–H groups in total. The quantitative estimate of drug-likeness (QED) is 0.794. The number of rotatable bonds is 7. The Morgan fingerprint density at radius 1 is 1.12 bits per heavy atom. The number of halogens is 2. The highest BCUT2D eigenvalue weighted by Gasteiger charge is 2.10. The first-order valence-electron chi connectivity index (χ1n) is 7.50. The van der Waals surface area contributed by atoms with Crippen LogP contribution in [0.5, 0.6) is 11.5 Å². The fourth-order valence-electron chi connectivity index (χ4n) is 1.95. The third kappa shape index (κ3) is 5.95. The molecule has 0 saturated carbocycles. The van der Waals surface area contributed by atoms with Gasteiger partial charge in [0.15, 0.2) is 6.61 Å². The van der Waals surface area contributed by atoms with Gasteiger partial charge in [0, 0.05) is 5.02 Å². The molecule has 0 fully saturated rings. The number of carbonyl (C=O) groups excluding carboxylic acids is 1. The van der Waals surface area contributed by atoms with Gasteiger partial charge in [-0.3, -0.25) is 4.79 Å². The molecule has 2 aromatic rings. The van der Waals surface area contributed by atoms with Crippen molar-refractivity contribution in [1.29, 1.82) is 0 Å². The van der Waals surface area contributed by atoms with Crippen LogP contribution in [-0.2, 0) is 4.79 Å². The fourth-order valence-corrected chi connectivity index (χ4v) is 2.41. The zero-order valence-corrected chi connectivity index (χ0v) is 15.0. The van der Waals surface area contributed by atoms with E-state index in [1.807, 2.05) is 38.1 Å². The summed E-state index contributed by atoms with van der Waals surface area (Å²) in [4.78, 5) is 11.9. The Morgan fingerprint density at radius 3 is 2.50 bits per heavy atom. The second-order valence-electron chi connectivity index (χ2n) is 5.46. The molecule has 128 valence electrons. The van der Waals surface area contributed by atoms with E-state index >= 15 is 0 Å². The highest BCUT2D eigenvalue weighted by atomic mass is 35.5. The van der Waals surface area contributed by atoms with Crippen LogP contribution in [0.15, 0.2) is 42.5 Å². The normalized spacial score (nSPS) is 11.7. The Labute approximate surface area is 151 Å². The second-order valence-corrected chi connectivity index (χ2v) is 6.30. The summed E-state index contributed by atoms with van der Waals surface area (Å²) >= 11 is 11.8. The number of aryl methyl sites for hydroxylation is 1. The van der Waals surface area contributed by atoms with Crippen LogP contribution in [0.25, 0.3) is 0 Å². The highest BCUT2D eigenvalue weighted by Crippen LogP contribution is 2.27. The van der Waals surface area contributed by atoms with Crippen LogP contribution in [0.1, 0.15) is 12.5 Å². The van der Waals surface area contributed by atoms with Gasteiger partial charge in [-0.05, 0) is 44.2 Å². The molecule has 0 radical (unpaired) electrons. The lowest BCUT2D eigenvalue weighted by atomic mass is 10.2. The summed E-state index contributed by atoms with van der Waals surface area (Å²) < 4.78 is 11.0. The lowest BCUT2D eigenvalue weighted by Gasteiger charge is -2.15. The molecule has 0 bridgehead atoms. The van der Waals surface area contributed by atoms with Crippen LogP contribution in [0.4, 0.5) is 0 Å². The van der Waals surface area contributed by atoms with Crippen molar-refractivity contribution in [2.75, 3.05) is 13.2 Å². The van der Waals surface area contributed by atoms with Crippen LogP contribution < -0.4 is 14.8 Å². The molecule has 2 aromatic carbocycles. The van der Waals surface area contributed by atoms with Crippen LogP contribution >= 0.6 is 23.2 Å². The zero-order chi connectivity index (χ0) is 17.5. The first kappa shape index (κ1) is 18.4. The molecule has 24 heavy (non-hydrogen) atoms. The van der Waals surface area contributed by atoms with E-state index in [1.54, 1.807) is 18.2 Å². The molecule has 0 heterocycles. The fraction of sp³-hybridized carbons (Fsp3) is 0.278. The number of hydrogen-bond acceptors (Lipinski definition) is 3. The van der Waals surface area contributed by atoms with Crippen molar-refractivity contribution >= 4 is 29.1 Å². The first-order chi connectivity index (χ1) is 11.4. The van der Waals surface area contributed by atoms with E-state index in [4.69, 9.17) is 32.7 Å². The smallest absolute Gasteiger partial charge is 0.258 e. The Morgan fingerprint density at radius 2 is 1.83 bits per heavy atom. The zero-order valence-electron chi connectivity index (χ0n) is 13.5. The Kier molecular flexibility index (Phi) is 6.76. The molecular weight excluding hydrogens is 349 g/mol. The maximum Gasteiger partial charge on any atom is 0.258 e. The standard InChI is InChI=1S/C18H19Cl2NO3/c1-12-3-6-15(7-4-12)23-10-13(2)21-18(22)11-24-17-8-5-14(19)9-16(17)20/h3-9,13H,10-11H2,1-2H3,(H,21,22)/t13-/m1/s1. The summed E-state index contributed by atoms with van der Waals surface area (Å²) in [5.74, 6) is 0.937. The topological polar surface area (TPSA) is 47.6 Å². The van der Waals surface area contributed by atoms with E-state index in [0.717, 1.165) is 5.75 Å². The maximum atomic E-state index is 11.9. The molecule has 0 spiro atoms. The van der Waals surface area contributed by atoms with Crippen molar-refractivity contribution in [2.24, 2.45) is 0 Å². The molecule has 0 aliphatic carbocycles. The average Bonchev–Trinajstić information content (AvgIpc) is 2.53. The maximum absolute atomic E-state index is 11.9. The molecule has 1 atom stereocenters. The van der Waals surface area contributed by atoms with E-state index in [0.29, 0.717) is 22.4 Å². The van der Waals surface area contributed by atoms with Gasteiger partial charge in [0.25, 0.3) is 5.91 Å². The number of nitrogens with one attached hydrogen (secondary N) is 1. The SMILES string of the molecule is Cc1ccc(OC[C@@H](C)NC(=O)COc2ccc(Cl)cc2Cl)cc1. The largest absolute Gasteiger partial charge is 0.491 e. The van der Waals surface area contributed by atoms with Gasteiger partial charge < -0.3 is 14.8 Å². The lowest BCUT2D eigenvalue weighted by molar-refractivity contribution is -0.123. The van der Waals surface area contributed by atoms with Crippen molar-refractivity contribution in [2.45, 2.75) is 19.9 Å². The third-order valence-electron chi connectivity index (χ3n) is 3.18. The van der Waals surface area contributed by atoms with E-state index in [2.05, 4.69) is 5.32 Å². The Bertz CT molecular complexity index is 689. The predicted molar refractivity (Wildman–Crippen MR) is 96.2 cm³/mol. The van der Waals surface area contributed by atoms with E-state index in [1.165, 1.54) is 5.56 Å². The Balaban J connectivity index is 1.74. The van der Waals surface area contributed by atoms with Gasteiger partial charge in [-0.1, -0.05) is 40.9 Å². The molecule has 0 saturated heterocycles. The summed E-state index contributed by atoms with van der Waals surface area (Å²) in [5, 5.41) is 3.68. The molecule has 1 amide bonds. The van der Waals surface area contributed by atoms with Gasteiger partial charge in [-0.2, -0.15) is 0 Å². The van der Waals surface area contributed by atoms with Crippen molar-refractivity contribution in [3.63, 3.8) is 0 Å². The van der Waals surface area contributed by atoms with Gasteiger partial charge in [-0.15, -0.1) is 0 Å². The van der Waals surface area contributed by atoms with Crippen molar-refractivity contribution in [3.05, 3.63) is 58.1 Å². The molecule has 2 rings (SSSR count). The molecule has 6 heteroatoms. The van der Waals surface area contributed by atoms with Crippen molar-refractivity contribution in [1.82, 2.24) is 5.32 Å². The van der Waals surface area contributed by atoms with Crippen LogP contribution in [0, 0.1) is 6.92 Å². The number of carbonyl (C=O) groups is 1. The van der Waals surface area contributed by atoms with Gasteiger partial charge in [-0.25, -0.2) is 0 Å². The summed E-state index contributed by atoms with van der Waals surface area (Å²) in [6, 6.07) is 12.4. The highest BCUT2D eigenvalue weighted by molar-refractivity contribution is 6.35. The second kappa shape index (κ2) is 8.81.